The molecule has 23 heavy (non-hydrogen) atoms. The van der Waals surface area contributed by atoms with Crippen molar-refractivity contribution in [2.24, 2.45) is 0 Å². The molecule has 1 fully saturated rings. The Morgan fingerprint density at radius 2 is 1.87 bits per heavy atom. The predicted octanol–water partition coefficient (Wildman–Crippen LogP) is 2.05. The van der Waals surface area contributed by atoms with Crippen molar-refractivity contribution in [3.8, 4) is 0 Å². The Balaban J connectivity index is 1.32. The third-order valence-electron chi connectivity index (χ3n) is 5.17. The summed E-state index contributed by atoms with van der Waals surface area (Å²) in [5.74, 6) is 1.39. The van der Waals surface area contributed by atoms with E-state index in [-0.39, 0.29) is 0 Å². The van der Waals surface area contributed by atoms with Crippen molar-refractivity contribution in [3.63, 3.8) is 0 Å². The molecule has 0 bridgehead atoms. The van der Waals surface area contributed by atoms with Gasteiger partial charge in [0.2, 0.25) is 11.8 Å². The highest BCUT2D eigenvalue weighted by Crippen LogP contribution is 2.25. The quantitative estimate of drug-likeness (QED) is 0.868. The summed E-state index contributed by atoms with van der Waals surface area (Å²) < 4.78 is 5.49. The van der Waals surface area contributed by atoms with Gasteiger partial charge >= 0.3 is 0 Å². The number of nitrogens with zero attached hydrogens (tertiary/aromatic N) is 4. The first-order chi connectivity index (χ1) is 11.3. The summed E-state index contributed by atoms with van der Waals surface area (Å²) in [4.78, 5) is 5.09. The van der Waals surface area contributed by atoms with Crippen LogP contribution in [0, 0.1) is 6.92 Å². The van der Waals surface area contributed by atoms with E-state index in [1.807, 2.05) is 6.92 Å². The highest BCUT2D eigenvalue weighted by atomic mass is 16.4. The summed E-state index contributed by atoms with van der Waals surface area (Å²) in [7, 11) is 0. The molecule has 1 aromatic heterocycles. The minimum absolute atomic E-state index is 0.652. The maximum absolute atomic E-state index is 5.49. The molecule has 2 heterocycles. The monoisotopic (exact) mass is 312 g/mol. The van der Waals surface area contributed by atoms with E-state index >= 15 is 0 Å². The van der Waals surface area contributed by atoms with E-state index in [0.717, 1.165) is 38.6 Å². The first kappa shape index (κ1) is 14.8. The van der Waals surface area contributed by atoms with Crippen molar-refractivity contribution >= 4 is 0 Å². The fraction of sp³-hybridized carbons (Fsp3) is 0.556. The van der Waals surface area contributed by atoms with Crippen molar-refractivity contribution in [2.75, 3.05) is 26.2 Å². The molecule has 1 unspecified atom stereocenters. The molecule has 1 aliphatic carbocycles. The smallest absolute Gasteiger partial charge is 0.230 e. The third-order valence-corrected chi connectivity index (χ3v) is 5.17. The Labute approximate surface area is 137 Å². The van der Waals surface area contributed by atoms with Crippen molar-refractivity contribution in [1.29, 1.82) is 0 Å². The molecule has 2 aliphatic rings. The lowest BCUT2D eigenvalue weighted by atomic mass is 9.87. The fourth-order valence-electron chi connectivity index (χ4n) is 3.87. The van der Waals surface area contributed by atoms with Crippen molar-refractivity contribution in [3.05, 3.63) is 47.2 Å². The van der Waals surface area contributed by atoms with Crippen LogP contribution in [0.4, 0.5) is 0 Å². The second-order valence-corrected chi connectivity index (χ2v) is 6.69. The first-order valence-electron chi connectivity index (χ1n) is 8.60. The highest BCUT2D eigenvalue weighted by Gasteiger charge is 2.27. The normalized spacial score (nSPS) is 22.9. The lowest BCUT2D eigenvalue weighted by Gasteiger charge is -2.40. The standard InChI is InChI=1S/C18H24N4O/c1-14-19-20-18(23-14)13-21-8-10-22(11-9-21)17-7-6-15-4-2-3-5-16(15)12-17/h2-5,17H,6-13H2,1H3. The van der Waals surface area contributed by atoms with Gasteiger partial charge in [0.05, 0.1) is 6.54 Å². The number of fused-ring (bicyclic) bond motifs is 1. The van der Waals surface area contributed by atoms with Gasteiger partial charge in [0.1, 0.15) is 0 Å². The van der Waals surface area contributed by atoms with Gasteiger partial charge in [-0.1, -0.05) is 24.3 Å². The maximum atomic E-state index is 5.49. The molecule has 2 aromatic rings. The average Bonchev–Trinajstić information content (AvgIpc) is 3.00. The van der Waals surface area contributed by atoms with Gasteiger partial charge in [0.25, 0.3) is 0 Å². The number of aromatic nitrogens is 2. The van der Waals surface area contributed by atoms with Gasteiger partial charge < -0.3 is 4.42 Å². The van der Waals surface area contributed by atoms with E-state index in [4.69, 9.17) is 4.42 Å². The van der Waals surface area contributed by atoms with E-state index in [2.05, 4.69) is 44.3 Å². The molecule has 0 saturated carbocycles. The number of rotatable bonds is 3. The van der Waals surface area contributed by atoms with Crippen LogP contribution in [0.2, 0.25) is 0 Å². The average molecular weight is 312 g/mol. The molecule has 1 saturated heterocycles. The topological polar surface area (TPSA) is 45.4 Å². The molecule has 122 valence electrons. The van der Waals surface area contributed by atoms with Crippen molar-refractivity contribution in [1.82, 2.24) is 20.0 Å². The van der Waals surface area contributed by atoms with Crippen LogP contribution in [0.3, 0.4) is 0 Å². The van der Waals surface area contributed by atoms with Gasteiger partial charge in [0.15, 0.2) is 0 Å². The number of benzene rings is 1. The Hall–Kier alpha value is -1.72. The van der Waals surface area contributed by atoms with Gasteiger partial charge in [-0.25, -0.2) is 0 Å². The van der Waals surface area contributed by atoms with Crippen molar-refractivity contribution < 1.29 is 4.42 Å². The Morgan fingerprint density at radius 3 is 2.61 bits per heavy atom. The highest BCUT2D eigenvalue weighted by molar-refractivity contribution is 5.30. The molecule has 5 heteroatoms. The first-order valence-corrected chi connectivity index (χ1v) is 8.60. The number of piperazine rings is 1. The van der Waals surface area contributed by atoms with Crippen LogP contribution >= 0.6 is 0 Å². The molecule has 0 radical (unpaired) electrons. The van der Waals surface area contributed by atoms with Gasteiger partial charge in [-0.2, -0.15) is 0 Å². The van der Waals surface area contributed by atoms with E-state index in [0.29, 0.717) is 11.9 Å². The largest absolute Gasteiger partial charge is 0.424 e. The molecule has 1 aliphatic heterocycles. The van der Waals surface area contributed by atoms with Crippen LogP contribution in [0.15, 0.2) is 28.7 Å². The molecule has 0 amide bonds. The van der Waals surface area contributed by atoms with Gasteiger partial charge in [-0.3, -0.25) is 9.80 Å². The van der Waals surface area contributed by atoms with E-state index < -0.39 is 0 Å². The van der Waals surface area contributed by atoms with Crippen LogP contribution < -0.4 is 0 Å². The van der Waals surface area contributed by atoms with Gasteiger partial charge in [0, 0.05) is 39.1 Å². The van der Waals surface area contributed by atoms with Gasteiger partial charge in [-0.15, -0.1) is 10.2 Å². The second-order valence-electron chi connectivity index (χ2n) is 6.69. The third kappa shape index (κ3) is 3.31. The summed E-state index contributed by atoms with van der Waals surface area (Å²) >= 11 is 0. The van der Waals surface area contributed by atoms with Crippen LogP contribution in [0.1, 0.15) is 29.3 Å². The van der Waals surface area contributed by atoms with Crippen LogP contribution in [-0.4, -0.2) is 52.2 Å². The summed E-state index contributed by atoms with van der Waals surface area (Å²) in [6.07, 6.45) is 3.72. The van der Waals surface area contributed by atoms with Gasteiger partial charge in [-0.05, 0) is 30.4 Å². The Kier molecular flexibility index (Phi) is 4.14. The molecule has 4 rings (SSSR count). The summed E-state index contributed by atoms with van der Waals surface area (Å²) in [5.41, 5.74) is 3.10. The van der Waals surface area contributed by atoms with E-state index in [1.54, 1.807) is 11.1 Å². The molecular weight excluding hydrogens is 288 g/mol. The van der Waals surface area contributed by atoms with Crippen LogP contribution in [0.5, 0.6) is 0 Å². The minimum Gasteiger partial charge on any atom is -0.424 e. The number of hydrogen-bond donors (Lipinski definition) is 0. The summed E-state index contributed by atoms with van der Waals surface area (Å²) in [6, 6.07) is 9.63. The minimum atomic E-state index is 0.652. The van der Waals surface area contributed by atoms with Crippen LogP contribution in [-0.2, 0) is 19.4 Å². The number of aryl methyl sites for hydroxylation is 2. The molecular formula is C18H24N4O. The fourth-order valence-corrected chi connectivity index (χ4v) is 3.87. The number of hydrogen-bond acceptors (Lipinski definition) is 5. The molecule has 0 spiro atoms. The molecule has 1 aromatic carbocycles. The predicted molar refractivity (Wildman–Crippen MR) is 88.1 cm³/mol. The molecule has 5 nitrogen and oxygen atoms in total. The Bertz CT molecular complexity index is 661. The zero-order valence-corrected chi connectivity index (χ0v) is 13.7. The molecule has 1 atom stereocenters. The van der Waals surface area contributed by atoms with Crippen molar-refractivity contribution in [2.45, 2.75) is 38.8 Å². The Morgan fingerprint density at radius 1 is 1.09 bits per heavy atom. The van der Waals surface area contributed by atoms with E-state index in [1.165, 1.54) is 19.3 Å². The van der Waals surface area contributed by atoms with Crippen LogP contribution in [0.25, 0.3) is 0 Å². The summed E-state index contributed by atoms with van der Waals surface area (Å²) in [5, 5.41) is 8.01. The lowest BCUT2D eigenvalue weighted by molar-refractivity contribution is 0.0806. The SMILES string of the molecule is Cc1nnc(CN2CCN(C3CCc4ccccc4C3)CC2)o1. The maximum Gasteiger partial charge on any atom is 0.230 e. The zero-order valence-electron chi connectivity index (χ0n) is 13.7. The summed E-state index contributed by atoms with van der Waals surface area (Å²) in [6.45, 7) is 7.07. The molecule has 0 N–H and O–H groups in total. The lowest BCUT2D eigenvalue weighted by Crippen LogP contribution is -2.51. The zero-order chi connectivity index (χ0) is 15.6. The second kappa shape index (κ2) is 6.42. The van der Waals surface area contributed by atoms with E-state index in [9.17, 15) is 0 Å².